The maximum absolute atomic E-state index is 12.6. The number of carbonyl (C=O) groups excluding carboxylic acids is 2. The lowest BCUT2D eigenvalue weighted by molar-refractivity contribution is -0.220. The van der Waals surface area contributed by atoms with Crippen LogP contribution in [0.5, 0.6) is 0 Å². The maximum Gasteiger partial charge on any atom is 0.472 e. The van der Waals surface area contributed by atoms with Gasteiger partial charge in [-0.15, -0.1) is 0 Å². The molecule has 6 atom stereocenters. The van der Waals surface area contributed by atoms with Crippen LogP contribution < -0.4 is 0 Å². The number of unbranched alkanes of at least 4 members (excludes halogenated alkanes) is 14. The molecule has 0 aromatic heterocycles. The number of carbonyl (C=O) groups is 2. The van der Waals surface area contributed by atoms with E-state index in [-0.39, 0.29) is 12.8 Å². The SMILES string of the molecule is CCCCCCCCCCCCCCCCC(=O)OC(COC(=O)CCCC)COP(=O)(O)OC1C(O)C(O)C(O)C(O)C1O. The highest BCUT2D eigenvalue weighted by Crippen LogP contribution is 2.47. The number of aliphatic hydroxyl groups is 5. The molecule has 0 radical (unpaired) electrons. The third-order valence-corrected chi connectivity index (χ3v) is 8.93. The van der Waals surface area contributed by atoms with Gasteiger partial charge in [-0.2, -0.15) is 0 Å². The van der Waals surface area contributed by atoms with Crippen molar-refractivity contribution in [2.45, 2.75) is 172 Å². The minimum Gasteiger partial charge on any atom is -0.462 e. The number of aliphatic hydroxyl groups excluding tert-OH is 5. The van der Waals surface area contributed by atoms with Crippen LogP contribution in [0.1, 0.15) is 129 Å². The Morgan fingerprint density at radius 1 is 0.600 bits per heavy atom. The first-order valence-electron chi connectivity index (χ1n) is 16.8. The number of esters is 2. The van der Waals surface area contributed by atoms with Crippen LogP contribution in [0.2, 0.25) is 0 Å². The molecule has 45 heavy (non-hydrogen) atoms. The predicted molar refractivity (Wildman–Crippen MR) is 166 cm³/mol. The fourth-order valence-corrected chi connectivity index (χ4v) is 6.06. The lowest BCUT2D eigenvalue weighted by Gasteiger charge is -2.41. The zero-order chi connectivity index (χ0) is 33.7. The van der Waals surface area contributed by atoms with E-state index in [9.17, 15) is 44.6 Å². The molecule has 0 aromatic rings. The van der Waals surface area contributed by atoms with E-state index in [2.05, 4.69) is 6.92 Å². The fourth-order valence-electron chi connectivity index (χ4n) is 5.09. The lowest BCUT2D eigenvalue weighted by atomic mass is 9.85. The average Bonchev–Trinajstić information content (AvgIpc) is 3.01. The van der Waals surface area contributed by atoms with Gasteiger partial charge in [0.05, 0.1) is 6.61 Å². The summed E-state index contributed by atoms with van der Waals surface area (Å²) in [5.74, 6) is -1.14. The van der Waals surface area contributed by atoms with Crippen LogP contribution >= 0.6 is 7.82 Å². The van der Waals surface area contributed by atoms with Gasteiger partial charge >= 0.3 is 19.8 Å². The van der Waals surface area contributed by atoms with Gasteiger partial charge in [-0.05, 0) is 12.8 Å². The molecule has 1 aliphatic carbocycles. The molecule has 0 amide bonds. The maximum atomic E-state index is 12.6. The largest absolute Gasteiger partial charge is 0.472 e. The lowest BCUT2D eigenvalue weighted by Crippen LogP contribution is -2.64. The van der Waals surface area contributed by atoms with Crippen LogP contribution in [0.4, 0.5) is 0 Å². The van der Waals surface area contributed by atoms with E-state index in [0.717, 1.165) is 25.7 Å². The molecule has 0 saturated heterocycles. The second kappa shape index (κ2) is 24.1. The monoisotopic (exact) mass is 670 g/mol. The first kappa shape index (κ1) is 41.9. The average molecular weight is 671 g/mol. The molecule has 6 N–H and O–H groups in total. The third kappa shape index (κ3) is 18.1. The molecule has 1 saturated carbocycles. The molecule has 266 valence electrons. The van der Waals surface area contributed by atoms with E-state index >= 15 is 0 Å². The molecule has 1 rings (SSSR count). The highest BCUT2D eigenvalue weighted by molar-refractivity contribution is 7.47. The van der Waals surface area contributed by atoms with Crippen LogP contribution in [0.25, 0.3) is 0 Å². The van der Waals surface area contributed by atoms with Crippen LogP contribution in [0.3, 0.4) is 0 Å². The van der Waals surface area contributed by atoms with Crippen molar-refractivity contribution in [1.29, 1.82) is 0 Å². The van der Waals surface area contributed by atoms with E-state index < -0.39 is 75.7 Å². The zero-order valence-corrected chi connectivity index (χ0v) is 28.1. The quantitative estimate of drug-likeness (QED) is 0.0440. The molecule has 6 unspecified atom stereocenters. The van der Waals surface area contributed by atoms with Crippen LogP contribution in [0, 0.1) is 0 Å². The standard InChI is InChI=1S/C31H59O13P/c1-3-5-7-8-9-10-11-12-13-14-15-16-17-18-20-25(33)43-23(21-41-24(32)19-6-4-2)22-42-45(39,40)44-31-29(37)27(35)26(34)28(36)30(31)38/h23,26-31,34-38H,3-22H2,1-2H3,(H,39,40). The summed E-state index contributed by atoms with van der Waals surface area (Å²) in [6.07, 6.45) is 4.83. The Bertz CT molecular complexity index is 828. The van der Waals surface area contributed by atoms with E-state index in [1.54, 1.807) is 0 Å². The topological polar surface area (TPSA) is 210 Å². The summed E-state index contributed by atoms with van der Waals surface area (Å²) in [6, 6.07) is 0. The molecule has 14 heteroatoms. The minimum atomic E-state index is -5.08. The molecule has 0 heterocycles. The second-order valence-corrected chi connectivity index (χ2v) is 13.4. The molecular weight excluding hydrogens is 611 g/mol. The summed E-state index contributed by atoms with van der Waals surface area (Å²) < 4.78 is 32.8. The van der Waals surface area contributed by atoms with Gasteiger partial charge in [0.1, 0.15) is 43.2 Å². The number of ether oxygens (including phenoxy) is 2. The second-order valence-electron chi connectivity index (χ2n) is 12.0. The molecular formula is C31H59O13P. The van der Waals surface area contributed by atoms with Gasteiger partial charge in [-0.1, -0.05) is 104 Å². The van der Waals surface area contributed by atoms with Crippen molar-refractivity contribution < 1.29 is 63.1 Å². The molecule has 0 spiro atoms. The van der Waals surface area contributed by atoms with Crippen molar-refractivity contribution in [1.82, 2.24) is 0 Å². The summed E-state index contributed by atoms with van der Waals surface area (Å²) in [7, 11) is -5.08. The number of phosphoric acid groups is 1. The van der Waals surface area contributed by atoms with E-state index in [1.807, 2.05) is 6.92 Å². The molecule has 1 aliphatic rings. The number of hydrogen-bond acceptors (Lipinski definition) is 12. The van der Waals surface area contributed by atoms with Gasteiger partial charge in [-0.25, -0.2) is 4.57 Å². The molecule has 0 bridgehead atoms. The van der Waals surface area contributed by atoms with Crippen molar-refractivity contribution in [3.8, 4) is 0 Å². The summed E-state index contributed by atoms with van der Waals surface area (Å²) in [6.45, 7) is 2.96. The first-order chi connectivity index (χ1) is 21.4. The van der Waals surface area contributed by atoms with E-state index in [1.165, 1.54) is 64.2 Å². The Hall–Kier alpha value is -1.15. The van der Waals surface area contributed by atoms with Crippen LogP contribution in [-0.4, -0.2) is 98.3 Å². The first-order valence-corrected chi connectivity index (χ1v) is 18.3. The van der Waals surface area contributed by atoms with Crippen molar-refractivity contribution in [3.63, 3.8) is 0 Å². The molecule has 0 aliphatic heterocycles. The van der Waals surface area contributed by atoms with Crippen molar-refractivity contribution in [3.05, 3.63) is 0 Å². The number of hydrogen-bond donors (Lipinski definition) is 6. The van der Waals surface area contributed by atoms with Crippen molar-refractivity contribution >= 4 is 19.8 Å². The van der Waals surface area contributed by atoms with E-state index in [4.69, 9.17) is 18.5 Å². The van der Waals surface area contributed by atoms with Crippen molar-refractivity contribution in [2.24, 2.45) is 0 Å². The molecule has 13 nitrogen and oxygen atoms in total. The highest BCUT2D eigenvalue weighted by Gasteiger charge is 2.51. The Morgan fingerprint density at radius 3 is 1.51 bits per heavy atom. The normalized spacial score (nSPS) is 25.4. The smallest absolute Gasteiger partial charge is 0.462 e. The Labute approximate surface area is 268 Å². The van der Waals surface area contributed by atoms with Crippen LogP contribution in [-0.2, 0) is 32.7 Å². The minimum absolute atomic E-state index is 0.101. The Morgan fingerprint density at radius 2 is 1.02 bits per heavy atom. The molecule has 0 aromatic carbocycles. The van der Waals surface area contributed by atoms with Crippen molar-refractivity contribution in [2.75, 3.05) is 13.2 Å². The molecule has 1 fully saturated rings. The van der Waals surface area contributed by atoms with Gasteiger partial charge in [0, 0.05) is 12.8 Å². The summed E-state index contributed by atoms with van der Waals surface area (Å²) in [5.41, 5.74) is 0. The fraction of sp³-hybridized carbons (Fsp3) is 0.935. The van der Waals surface area contributed by atoms with Gasteiger partial charge in [0.25, 0.3) is 0 Å². The van der Waals surface area contributed by atoms with E-state index in [0.29, 0.717) is 12.8 Å². The highest BCUT2D eigenvalue weighted by atomic mass is 31.2. The summed E-state index contributed by atoms with van der Waals surface area (Å²) in [4.78, 5) is 34.6. The summed E-state index contributed by atoms with van der Waals surface area (Å²) >= 11 is 0. The number of rotatable bonds is 26. The van der Waals surface area contributed by atoms with Crippen LogP contribution in [0.15, 0.2) is 0 Å². The van der Waals surface area contributed by atoms with Gasteiger partial charge < -0.3 is 39.9 Å². The zero-order valence-electron chi connectivity index (χ0n) is 27.2. The number of phosphoric ester groups is 1. The summed E-state index contributed by atoms with van der Waals surface area (Å²) in [5, 5.41) is 49.5. The van der Waals surface area contributed by atoms with Gasteiger partial charge in [0.2, 0.25) is 0 Å². The van der Waals surface area contributed by atoms with Gasteiger partial charge in [-0.3, -0.25) is 18.6 Å². The Kier molecular flexibility index (Phi) is 22.4. The third-order valence-electron chi connectivity index (χ3n) is 7.95. The van der Waals surface area contributed by atoms with Gasteiger partial charge in [0.15, 0.2) is 6.10 Å². The Balaban J connectivity index is 2.45. The predicted octanol–water partition coefficient (Wildman–Crippen LogP) is 3.82.